The van der Waals surface area contributed by atoms with Gasteiger partial charge in [-0.25, -0.2) is 0 Å². The Kier molecular flexibility index (Phi) is 5.12. The second-order valence-corrected chi connectivity index (χ2v) is 6.97. The fourth-order valence-electron chi connectivity index (χ4n) is 2.75. The Hall–Kier alpha value is -3.13. The zero-order valence-electron chi connectivity index (χ0n) is 14.5. The van der Waals surface area contributed by atoms with Crippen molar-refractivity contribution < 1.29 is 27.8 Å². The lowest BCUT2D eigenvalue weighted by Gasteiger charge is -2.18. The van der Waals surface area contributed by atoms with E-state index in [2.05, 4.69) is 10.1 Å². The number of thiophene rings is 1. The Bertz CT molecular complexity index is 1010. The molecule has 144 valence electrons. The molecular formula is C20H15F2NO4S. The van der Waals surface area contributed by atoms with E-state index in [1.165, 1.54) is 29.5 Å². The highest BCUT2D eigenvalue weighted by Crippen LogP contribution is 2.37. The molecule has 5 nitrogen and oxygen atoms in total. The number of carbonyl (C=O) groups is 1. The van der Waals surface area contributed by atoms with Crippen molar-refractivity contribution in [2.45, 2.75) is 6.61 Å². The molecule has 0 aliphatic carbocycles. The highest BCUT2D eigenvalue weighted by molar-refractivity contribution is 7.17. The second-order valence-electron chi connectivity index (χ2n) is 5.88. The average Bonchev–Trinajstić information content (AvgIpc) is 3.18. The molecule has 0 fully saturated rings. The van der Waals surface area contributed by atoms with Crippen LogP contribution in [0.3, 0.4) is 0 Å². The fourth-order valence-corrected chi connectivity index (χ4v) is 3.65. The molecule has 3 aromatic rings. The third kappa shape index (κ3) is 4.07. The van der Waals surface area contributed by atoms with E-state index in [9.17, 15) is 13.6 Å². The van der Waals surface area contributed by atoms with Crippen molar-refractivity contribution in [1.29, 1.82) is 0 Å². The van der Waals surface area contributed by atoms with Crippen LogP contribution in [0.5, 0.6) is 17.2 Å². The standard InChI is InChI=1S/C20H15F2NO4S/c21-20(22)27-14-3-1-2-13(11-14)23-19(24)18-7-6-17(28-18)12-4-5-15-16(10-12)26-9-8-25-15/h1-7,10-11,20H,8-9H2,(H,23,24). The molecule has 0 unspecified atom stereocenters. The van der Waals surface area contributed by atoms with E-state index >= 15 is 0 Å². The number of amides is 1. The molecule has 1 amide bonds. The number of alkyl halides is 2. The summed E-state index contributed by atoms with van der Waals surface area (Å²) in [5, 5.41) is 2.69. The number of rotatable bonds is 5. The Balaban J connectivity index is 1.49. The van der Waals surface area contributed by atoms with Gasteiger partial charge in [0.15, 0.2) is 11.5 Å². The van der Waals surface area contributed by atoms with E-state index in [1.54, 1.807) is 12.1 Å². The van der Waals surface area contributed by atoms with Crippen LogP contribution in [0.15, 0.2) is 54.6 Å². The van der Waals surface area contributed by atoms with Crippen LogP contribution in [0.25, 0.3) is 10.4 Å². The molecule has 2 heterocycles. The van der Waals surface area contributed by atoms with Gasteiger partial charge < -0.3 is 19.5 Å². The van der Waals surface area contributed by atoms with E-state index < -0.39 is 6.61 Å². The largest absolute Gasteiger partial charge is 0.486 e. The summed E-state index contributed by atoms with van der Waals surface area (Å²) in [4.78, 5) is 13.9. The van der Waals surface area contributed by atoms with E-state index in [1.807, 2.05) is 24.3 Å². The molecule has 0 radical (unpaired) electrons. The van der Waals surface area contributed by atoms with Gasteiger partial charge in [-0.15, -0.1) is 11.3 Å². The first-order chi connectivity index (χ1) is 13.6. The summed E-state index contributed by atoms with van der Waals surface area (Å²) < 4.78 is 40.1. The number of carbonyl (C=O) groups excluding carboxylic acids is 1. The molecule has 0 saturated heterocycles. The van der Waals surface area contributed by atoms with Crippen molar-refractivity contribution in [3.63, 3.8) is 0 Å². The molecule has 4 rings (SSSR count). The summed E-state index contributed by atoms with van der Waals surface area (Å²) in [6, 6.07) is 15.1. The van der Waals surface area contributed by atoms with Crippen LogP contribution < -0.4 is 19.5 Å². The van der Waals surface area contributed by atoms with Gasteiger partial charge in [0.25, 0.3) is 5.91 Å². The van der Waals surface area contributed by atoms with Gasteiger partial charge >= 0.3 is 6.61 Å². The van der Waals surface area contributed by atoms with Gasteiger partial charge in [-0.3, -0.25) is 4.79 Å². The quantitative estimate of drug-likeness (QED) is 0.649. The molecular weight excluding hydrogens is 388 g/mol. The lowest BCUT2D eigenvalue weighted by atomic mass is 10.1. The second kappa shape index (κ2) is 7.85. The summed E-state index contributed by atoms with van der Waals surface area (Å²) in [7, 11) is 0. The summed E-state index contributed by atoms with van der Waals surface area (Å²) >= 11 is 1.32. The maximum absolute atomic E-state index is 12.5. The molecule has 0 atom stereocenters. The maximum atomic E-state index is 12.5. The normalized spacial score (nSPS) is 12.7. The van der Waals surface area contributed by atoms with E-state index in [4.69, 9.17) is 9.47 Å². The number of anilines is 1. The molecule has 8 heteroatoms. The minimum atomic E-state index is -2.92. The molecule has 2 aromatic carbocycles. The van der Waals surface area contributed by atoms with Crippen LogP contribution in [-0.4, -0.2) is 25.7 Å². The Morgan fingerprint density at radius 1 is 1.04 bits per heavy atom. The maximum Gasteiger partial charge on any atom is 0.387 e. The van der Waals surface area contributed by atoms with Crippen LogP contribution in [0, 0.1) is 0 Å². The summed E-state index contributed by atoms with van der Waals surface area (Å²) in [6.45, 7) is -1.89. The predicted molar refractivity (Wildman–Crippen MR) is 102 cm³/mol. The molecule has 1 N–H and O–H groups in total. The predicted octanol–water partition coefficient (Wildman–Crippen LogP) is 5.04. The van der Waals surface area contributed by atoms with E-state index in [0.29, 0.717) is 35.3 Å². The molecule has 1 aliphatic rings. The minimum Gasteiger partial charge on any atom is -0.486 e. The van der Waals surface area contributed by atoms with Crippen LogP contribution >= 0.6 is 11.3 Å². The summed E-state index contributed by atoms with van der Waals surface area (Å²) in [5.41, 5.74) is 1.29. The van der Waals surface area contributed by atoms with Crippen molar-refractivity contribution in [1.82, 2.24) is 0 Å². The molecule has 0 spiro atoms. The van der Waals surface area contributed by atoms with Crippen LogP contribution in [0.1, 0.15) is 9.67 Å². The van der Waals surface area contributed by atoms with E-state index in [0.717, 1.165) is 10.4 Å². The summed E-state index contributed by atoms with van der Waals surface area (Å²) in [6.07, 6.45) is 0. The number of hydrogen-bond acceptors (Lipinski definition) is 5. The van der Waals surface area contributed by atoms with Crippen LogP contribution in [0.4, 0.5) is 14.5 Å². The van der Waals surface area contributed by atoms with Gasteiger partial charge in [-0.05, 0) is 48.0 Å². The van der Waals surface area contributed by atoms with Gasteiger partial charge in [0, 0.05) is 16.6 Å². The first-order valence-corrected chi connectivity index (χ1v) is 9.26. The molecule has 0 bridgehead atoms. The van der Waals surface area contributed by atoms with Crippen molar-refractivity contribution in [3.8, 4) is 27.7 Å². The van der Waals surface area contributed by atoms with Crippen molar-refractivity contribution in [3.05, 3.63) is 59.5 Å². The van der Waals surface area contributed by atoms with Crippen LogP contribution in [-0.2, 0) is 0 Å². The number of fused-ring (bicyclic) bond motifs is 1. The first kappa shape index (κ1) is 18.2. The number of benzene rings is 2. The van der Waals surface area contributed by atoms with Crippen LogP contribution in [0.2, 0.25) is 0 Å². The zero-order chi connectivity index (χ0) is 19.5. The lowest BCUT2D eigenvalue weighted by Crippen LogP contribution is -2.15. The third-order valence-electron chi connectivity index (χ3n) is 3.97. The first-order valence-electron chi connectivity index (χ1n) is 8.44. The SMILES string of the molecule is O=C(Nc1cccc(OC(F)F)c1)c1ccc(-c2ccc3c(c2)OCCO3)s1. The Morgan fingerprint density at radius 2 is 1.86 bits per heavy atom. The monoisotopic (exact) mass is 403 g/mol. The zero-order valence-corrected chi connectivity index (χ0v) is 15.3. The number of ether oxygens (including phenoxy) is 3. The molecule has 1 aromatic heterocycles. The highest BCUT2D eigenvalue weighted by atomic mass is 32.1. The Labute approximate surface area is 163 Å². The summed E-state index contributed by atoms with van der Waals surface area (Å²) in [5.74, 6) is 1.04. The van der Waals surface area contributed by atoms with Crippen molar-refractivity contribution in [2.24, 2.45) is 0 Å². The van der Waals surface area contributed by atoms with Crippen molar-refractivity contribution >= 4 is 22.9 Å². The average molecular weight is 403 g/mol. The topological polar surface area (TPSA) is 56.8 Å². The van der Waals surface area contributed by atoms with Gasteiger partial charge in [-0.2, -0.15) is 8.78 Å². The van der Waals surface area contributed by atoms with Gasteiger partial charge in [-0.1, -0.05) is 6.07 Å². The molecule has 28 heavy (non-hydrogen) atoms. The smallest absolute Gasteiger partial charge is 0.387 e. The van der Waals surface area contributed by atoms with Crippen molar-refractivity contribution in [2.75, 3.05) is 18.5 Å². The van der Waals surface area contributed by atoms with Gasteiger partial charge in [0.05, 0.1) is 4.88 Å². The Morgan fingerprint density at radius 3 is 2.68 bits per heavy atom. The minimum absolute atomic E-state index is 0.0176. The number of halogens is 2. The lowest BCUT2D eigenvalue weighted by molar-refractivity contribution is -0.0497. The van der Waals surface area contributed by atoms with E-state index in [-0.39, 0.29) is 11.7 Å². The van der Waals surface area contributed by atoms with Gasteiger partial charge in [0.1, 0.15) is 19.0 Å². The highest BCUT2D eigenvalue weighted by Gasteiger charge is 2.15. The number of hydrogen-bond donors (Lipinski definition) is 1. The molecule has 0 saturated carbocycles. The molecule has 1 aliphatic heterocycles. The third-order valence-corrected chi connectivity index (χ3v) is 5.11. The fraction of sp³-hybridized carbons (Fsp3) is 0.150. The number of nitrogens with one attached hydrogen (secondary N) is 1. The van der Waals surface area contributed by atoms with Gasteiger partial charge in [0.2, 0.25) is 0 Å².